The number of aliphatic hydroxyl groups is 1. The van der Waals surface area contributed by atoms with Gasteiger partial charge in [-0.2, -0.15) is 26.3 Å². The van der Waals surface area contributed by atoms with Crippen molar-refractivity contribution in [1.29, 1.82) is 0 Å². The highest BCUT2D eigenvalue weighted by Crippen LogP contribution is 2.60. The quantitative estimate of drug-likeness (QED) is 0.541. The van der Waals surface area contributed by atoms with Crippen LogP contribution in [-0.2, 0) is 0 Å². The summed E-state index contributed by atoms with van der Waals surface area (Å²) >= 11 is 0. The van der Waals surface area contributed by atoms with Crippen molar-refractivity contribution in [3.05, 3.63) is 0 Å². The summed E-state index contributed by atoms with van der Waals surface area (Å²) in [6.45, 7) is 0. The van der Waals surface area contributed by atoms with E-state index in [0.29, 0.717) is 10.8 Å². The first-order chi connectivity index (χ1) is 6.63. The Morgan fingerprint density at radius 2 is 1.53 bits per heavy atom. The lowest BCUT2D eigenvalue weighted by atomic mass is 9.97. The maximum Gasteiger partial charge on any atom is 0.415 e. The Balaban J connectivity index is 3.17. The van der Waals surface area contributed by atoms with Crippen LogP contribution in [0.3, 0.4) is 0 Å². The van der Waals surface area contributed by atoms with E-state index in [-0.39, 0.29) is 16.5 Å². The first kappa shape index (κ1) is 13.3. The summed E-state index contributed by atoms with van der Waals surface area (Å²) in [6, 6.07) is 0. The van der Waals surface area contributed by atoms with E-state index in [9.17, 15) is 26.3 Å². The molecule has 1 aliphatic rings. The average Bonchev–Trinajstić information content (AvgIpc) is 2.00. The summed E-state index contributed by atoms with van der Waals surface area (Å²) in [6.07, 6.45) is -14.0. The van der Waals surface area contributed by atoms with Crippen molar-refractivity contribution in [1.82, 2.24) is 0 Å². The van der Waals surface area contributed by atoms with E-state index in [1.807, 2.05) is 0 Å². The van der Waals surface area contributed by atoms with E-state index >= 15 is 0 Å². The molecule has 0 aromatic rings. The predicted octanol–water partition coefficient (Wildman–Crippen LogP) is 3.00. The highest BCUT2D eigenvalue weighted by Gasteiger charge is 2.75. The zero-order valence-electron chi connectivity index (χ0n) is 7.02. The Labute approximate surface area is 89.0 Å². The fraction of sp³-hybridized carbons (Fsp3) is 1.00. The number of aliphatic hydroxyl groups excluding tert-OH is 1. The van der Waals surface area contributed by atoms with Crippen molar-refractivity contribution < 1.29 is 31.4 Å². The molecule has 0 aromatic carbocycles. The van der Waals surface area contributed by atoms with E-state index in [1.54, 1.807) is 0 Å². The van der Waals surface area contributed by atoms with E-state index in [2.05, 4.69) is 0 Å². The third kappa shape index (κ3) is 2.05. The normalized spacial score (nSPS) is 27.8. The molecule has 1 heterocycles. The Bertz CT molecular complexity index is 223. The fourth-order valence-corrected chi connectivity index (χ4v) is 4.19. The molecule has 0 aromatic heterocycles. The van der Waals surface area contributed by atoms with Gasteiger partial charge in [0.05, 0.1) is 6.10 Å². The standard InChI is InChI=1S/C6H6F6OS2/c7-5(8,9)4(6(10,11)12)3(13)1-2-14-15-4/h3,13H,1-2H2. The molecular weight excluding hydrogens is 266 g/mol. The molecule has 1 saturated heterocycles. The van der Waals surface area contributed by atoms with Crippen LogP contribution < -0.4 is 0 Å². The van der Waals surface area contributed by atoms with Gasteiger partial charge < -0.3 is 5.11 Å². The summed E-state index contributed by atoms with van der Waals surface area (Å²) in [7, 11) is 0.125. The Hall–Kier alpha value is 0.240. The second kappa shape index (κ2) is 3.92. The van der Waals surface area contributed by atoms with Crippen LogP contribution in [0.25, 0.3) is 0 Å². The Morgan fingerprint density at radius 1 is 1.07 bits per heavy atom. The smallest absolute Gasteiger partial charge is 0.391 e. The third-order valence-corrected chi connectivity index (χ3v) is 5.14. The first-order valence-electron chi connectivity index (χ1n) is 3.75. The molecule has 9 heteroatoms. The molecule has 1 N–H and O–H groups in total. The van der Waals surface area contributed by atoms with Gasteiger partial charge in [0, 0.05) is 5.75 Å². The number of hydrogen-bond acceptors (Lipinski definition) is 3. The van der Waals surface area contributed by atoms with Crippen LogP contribution in [0, 0.1) is 0 Å². The first-order valence-corrected chi connectivity index (χ1v) is 6.07. The van der Waals surface area contributed by atoms with Crippen LogP contribution in [0.2, 0.25) is 0 Å². The predicted molar refractivity (Wildman–Crippen MR) is 45.5 cm³/mol. The SMILES string of the molecule is OC1CCSSC1(C(F)(F)F)C(F)(F)F. The van der Waals surface area contributed by atoms with Crippen molar-refractivity contribution in [3.63, 3.8) is 0 Å². The highest BCUT2D eigenvalue weighted by molar-refractivity contribution is 8.77. The van der Waals surface area contributed by atoms with Crippen molar-refractivity contribution in [2.45, 2.75) is 29.6 Å². The summed E-state index contributed by atoms with van der Waals surface area (Å²) in [5.41, 5.74) is 0. The maximum atomic E-state index is 12.4. The van der Waals surface area contributed by atoms with Gasteiger partial charge in [0.15, 0.2) is 0 Å². The second-order valence-electron chi connectivity index (χ2n) is 2.94. The fourth-order valence-electron chi connectivity index (χ4n) is 1.19. The van der Waals surface area contributed by atoms with Crippen molar-refractivity contribution >= 4 is 21.6 Å². The molecule has 1 atom stereocenters. The van der Waals surface area contributed by atoms with Crippen molar-refractivity contribution in [3.8, 4) is 0 Å². The number of hydrogen-bond donors (Lipinski definition) is 1. The van der Waals surface area contributed by atoms with Gasteiger partial charge in [-0.05, 0) is 6.42 Å². The molecule has 0 bridgehead atoms. The summed E-state index contributed by atoms with van der Waals surface area (Å²) in [5, 5.41) is 9.02. The minimum absolute atomic E-state index is 0.0692. The molecule has 0 radical (unpaired) electrons. The van der Waals surface area contributed by atoms with Gasteiger partial charge in [-0.1, -0.05) is 21.6 Å². The van der Waals surface area contributed by atoms with E-state index < -0.39 is 29.6 Å². The molecule has 90 valence electrons. The lowest BCUT2D eigenvalue weighted by molar-refractivity contribution is -0.285. The van der Waals surface area contributed by atoms with E-state index in [1.165, 1.54) is 0 Å². The maximum absolute atomic E-state index is 12.4. The van der Waals surface area contributed by atoms with Crippen LogP contribution in [0.5, 0.6) is 0 Å². The topological polar surface area (TPSA) is 20.2 Å². The van der Waals surface area contributed by atoms with Crippen LogP contribution in [-0.4, -0.2) is 34.1 Å². The monoisotopic (exact) mass is 272 g/mol. The van der Waals surface area contributed by atoms with Crippen molar-refractivity contribution in [2.75, 3.05) is 5.75 Å². The van der Waals surface area contributed by atoms with Crippen LogP contribution in [0.1, 0.15) is 6.42 Å². The lowest BCUT2D eigenvalue weighted by Gasteiger charge is -2.41. The molecular formula is C6H6F6OS2. The number of halogens is 6. The molecule has 1 fully saturated rings. The average molecular weight is 272 g/mol. The molecule has 0 amide bonds. The molecule has 1 aliphatic heterocycles. The summed E-state index contributed by atoms with van der Waals surface area (Å²) in [5.74, 6) is 0.0692. The van der Waals surface area contributed by atoms with Crippen LogP contribution in [0.15, 0.2) is 0 Å². The van der Waals surface area contributed by atoms with E-state index in [0.717, 1.165) is 0 Å². The molecule has 0 spiro atoms. The van der Waals surface area contributed by atoms with Gasteiger partial charge in [0.1, 0.15) is 0 Å². The second-order valence-corrected chi connectivity index (χ2v) is 5.60. The third-order valence-electron chi connectivity index (χ3n) is 1.98. The Kier molecular flexibility index (Phi) is 3.48. The van der Waals surface area contributed by atoms with Gasteiger partial charge in [-0.3, -0.25) is 0 Å². The van der Waals surface area contributed by atoms with Gasteiger partial charge in [0.25, 0.3) is 0 Å². The Morgan fingerprint density at radius 3 is 1.80 bits per heavy atom. The minimum Gasteiger partial charge on any atom is -0.391 e. The largest absolute Gasteiger partial charge is 0.415 e. The highest BCUT2D eigenvalue weighted by atomic mass is 33.1. The van der Waals surface area contributed by atoms with E-state index in [4.69, 9.17) is 5.11 Å². The van der Waals surface area contributed by atoms with Crippen molar-refractivity contribution in [2.24, 2.45) is 0 Å². The molecule has 15 heavy (non-hydrogen) atoms. The van der Waals surface area contributed by atoms with Gasteiger partial charge in [-0.15, -0.1) is 0 Å². The zero-order chi connectivity index (χ0) is 11.9. The zero-order valence-corrected chi connectivity index (χ0v) is 8.66. The van der Waals surface area contributed by atoms with Crippen LogP contribution >= 0.6 is 21.6 Å². The molecule has 1 nitrogen and oxygen atoms in total. The van der Waals surface area contributed by atoms with Gasteiger partial charge in [-0.25, -0.2) is 0 Å². The lowest BCUT2D eigenvalue weighted by Crippen LogP contribution is -2.62. The summed E-state index contributed by atoms with van der Waals surface area (Å²) in [4.78, 5) is 0. The van der Waals surface area contributed by atoms with Gasteiger partial charge in [0.2, 0.25) is 4.75 Å². The molecule has 1 rings (SSSR count). The molecule has 0 saturated carbocycles. The minimum atomic E-state index is -5.51. The summed E-state index contributed by atoms with van der Waals surface area (Å²) < 4.78 is 70.5. The van der Waals surface area contributed by atoms with Crippen LogP contribution in [0.4, 0.5) is 26.3 Å². The number of alkyl halides is 6. The molecule has 0 aliphatic carbocycles. The molecule has 1 unspecified atom stereocenters. The number of rotatable bonds is 0. The van der Waals surface area contributed by atoms with Gasteiger partial charge >= 0.3 is 12.4 Å².